The van der Waals surface area contributed by atoms with E-state index in [0.717, 1.165) is 16.9 Å². The van der Waals surface area contributed by atoms with E-state index in [9.17, 15) is 9.59 Å². The lowest BCUT2D eigenvalue weighted by molar-refractivity contribution is -0.131. The maximum Gasteiger partial charge on any atom is 0.325 e. The largest absolute Gasteiger partial charge is 0.492 e. The lowest BCUT2D eigenvalue weighted by Gasteiger charge is -2.22. The van der Waals surface area contributed by atoms with Crippen LogP contribution in [0.25, 0.3) is 0 Å². The van der Waals surface area contributed by atoms with Crippen molar-refractivity contribution in [2.45, 2.75) is 19.4 Å². The summed E-state index contributed by atoms with van der Waals surface area (Å²) >= 11 is 0. The van der Waals surface area contributed by atoms with Crippen LogP contribution < -0.4 is 10.1 Å². The van der Waals surface area contributed by atoms with Crippen LogP contribution in [0.2, 0.25) is 0 Å². The molecule has 5 nitrogen and oxygen atoms in total. The molecule has 3 amide bonds. The van der Waals surface area contributed by atoms with E-state index in [2.05, 4.69) is 5.32 Å². The van der Waals surface area contributed by atoms with Crippen molar-refractivity contribution in [3.05, 3.63) is 65.7 Å². The first-order valence-corrected chi connectivity index (χ1v) is 7.90. The topological polar surface area (TPSA) is 58.6 Å². The standard InChI is InChI=1S/C19H20N2O3/c1-14-7-6-10-16(13-14)24-12-11-21-17(22)19(2,20-18(21)23)15-8-4-3-5-9-15/h3-10,13H,11-12H2,1-2H3,(H,20,23). The second-order valence-corrected chi connectivity index (χ2v) is 6.04. The summed E-state index contributed by atoms with van der Waals surface area (Å²) in [6, 6.07) is 16.5. The van der Waals surface area contributed by atoms with Crippen LogP contribution in [-0.2, 0) is 10.3 Å². The average Bonchev–Trinajstić information content (AvgIpc) is 2.80. The fourth-order valence-corrected chi connectivity index (χ4v) is 2.83. The van der Waals surface area contributed by atoms with Gasteiger partial charge >= 0.3 is 6.03 Å². The molecule has 24 heavy (non-hydrogen) atoms. The van der Waals surface area contributed by atoms with Gasteiger partial charge in [0.1, 0.15) is 17.9 Å². The van der Waals surface area contributed by atoms with E-state index in [1.807, 2.05) is 61.5 Å². The van der Waals surface area contributed by atoms with Gasteiger partial charge in [-0.15, -0.1) is 0 Å². The van der Waals surface area contributed by atoms with Gasteiger partial charge in [0.05, 0.1) is 6.54 Å². The van der Waals surface area contributed by atoms with Crippen molar-refractivity contribution in [1.82, 2.24) is 10.2 Å². The van der Waals surface area contributed by atoms with Gasteiger partial charge in [0.2, 0.25) is 0 Å². The molecule has 1 saturated heterocycles. The number of aryl methyl sites for hydroxylation is 1. The van der Waals surface area contributed by atoms with Crippen LogP contribution in [0.1, 0.15) is 18.1 Å². The lowest BCUT2D eigenvalue weighted by Crippen LogP contribution is -2.41. The third kappa shape index (κ3) is 2.97. The van der Waals surface area contributed by atoms with Crippen LogP contribution in [0.5, 0.6) is 5.75 Å². The first-order chi connectivity index (χ1) is 11.5. The highest BCUT2D eigenvalue weighted by Gasteiger charge is 2.48. The molecular weight excluding hydrogens is 304 g/mol. The number of rotatable bonds is 5. The molecule has 1 atom stereocenters. The van der Waals surface area contributed by atoms with E-state index in [0.29, 0.717) is 0 Å². The van der Waals surface area contributed by atoms with Crippen LogP contribution >= 0.6 is 0 Å². The number of urea groups is 1. The molecule has 2 aromatic carbocycles. The Balaban J connectivity index is 1.67. The lowest BCUT2D eigenvalue weighted by atomic mass is 9.92. The molecule has 124 valence electrons. The van der Waals surface area contributed by atoms with Gasteiger partial charge in [0, 0.05) is 0 Å². The number of benzene rings is 2. The summed E-state index contributed by atoms with van der Waals surface area (Å²) in [5.41, 5.74) is 0.839. The molecule has 0 aliphatic carbocycles. The van der Waals surface area contributed by atoms with Gasteiger partial charge < -0.3 is 10.1 Å². The summed E-state index contributed by atoms with van der Waals surface area (Å²) in [6.45, 7) is 4.17. The van der Waals surface area contributed by atoms with Gasteiger partial charge in [0.25, 0.3) is 5.91 Å². The van der Waals surface area contributed by atoms with Crippen molar-refractivity contribution in [3.8, 4) is 5.75 Å². The summed E-state index contributed by atoms with van der Waals surface area (Å²) in [7, 11) is 0. The van der Waals surface area contributed by atoms with Crippen molar-refractivity contribution < 1.29 is 14.3 Å². The number of carbonyl (C=O) groups excluding carboxylic acids is 2. The molecule has 0 spiro atoms. The first kappa shape index (κ1) is 16.1. The zero-order valence-electron chi connectivity index (χ0n) is 13.8. The molecule has 1 aliphatic heterocycles. The minimum Gasteiger partial charge on any atom is -0.492 e. The smallest absolute Gasteiger partial charge is 0.325 e. The van der Waals surface area contributed by atoms with E-state index in [1.54, 1.807) is 6.92 Å². The first-order valence-electron chi connectivity index (χ1n) is 7.90. The van der Waals surface area contributed by atoms with Crippen molar-refractivity contribution in [3.63, 3.8) is 0 Å². The van der Waals surface area contributed by atoms with Crippen molar-refractivity contribution in [2.24, 2.45) is 0 Å². The Labute approximate surface area is 141 Å². The molecule has 1 unspecified atom stereocenters. The van der Waals surface area contributed by atoms with E-state index in [1.165, 1.54) is 4.90 Å². The normalized spacial score (nSPS) is 20.2. The van der Waals surface area contributed by atoms with Crippen LogP contribution in [-0.4, -0.2) is 30.0 Å². The summed E-state index contributed by atoms with van der Waals surface area (Å²) in [5.74, 6) is 0.472. The summed E-state index contributed by atoms with van der Waals surface area (Å²) in [5, 5.41) is 2.79. The maximum atomic E-state index is 12.7. The molecule has 2 aromatic rings. The van der Waals surface area contributed by atoms with Crippen molar-refractivity contribution >= 4 is 11.9 Å². The molecule has 1 aliphatic rings. The fraction of sp³-hybridized carbons (Fsp3) is 0.263. The van der Waals surface area contributed by atoms with Crippen LogP contribution in [0.4, 0.5) is 4.79 Å². The molecule has 1 N–H and O–H groups in total. The van der Waals surface area contributed by atoms with E-state index in [-0.39, 0.29) is 25.1 Å². The second kappa shape index (κ2) is 6.35. The van der Waals surface area contributed by atoms with Crippen molar-refractivity contribution in [2.75, 3.05) is 13.2 Å². The highest BCUT2D eigenvalue weighted by Crippen LogP contribution is 2.28. The predicted molar refractivity (Wildman–Crippen MR) is 90.7 cm³/mol. The molecule has 1 heterocycles. The Kier molecular flexibility index (Phi) is 4.25. The number of ether oxygens (including phenoxy) is 1. The number of nitrogens with zero attached hydrogens (tertiary/aromatic N) is 1. The molecule has 0 bridgehead atoms. The predicted octanol–water partition coefficient (Wildman–Crippen LogP) is 2.84. The average molecular weight is 324 g/mol. The summed E-state index contributed by atoms with van der Waals surface area (Å²) in [6.07, 6.45) is 0. The van der Waals surface area contributed by atoms with Gasteiger partial charge in [0.15, 0.2) is 0 Å². The SMILES string of the molecule is Cc1cccc(OCCN2C(=O)NC(C)(c3ccccc3)C2=O)c1. The highest BCUT2D eigenvalue weighted by molar-refractivity contribution is 6.07. The number of imide groups is 1. The number of carbonyl (C=O) groups is 2. The third-order valence-corrected chi connectivity index (χ3v) is 4.20. The third-order valence-electron chi connectivity index (χ3n) is 4.20. The zero-order chi connectivity index (χ0) is 17.2. The molecular formula is C19H20N2O3. The van der Waals surface area contributed by atoms with E-state index < -0.39 is 5.54 Å². The molecule has 5 heteroatoms. The monoisotopic (exact) mass is 324 g/mol. The Morgan fingerprint density at radius 1 is 1.08 bits per heavy atom. The Morgan fingerprint density at radius 3 is 2.54 bits per heavy atom. The van der Waals surface area contributed by atoms with Gasteiger partial charge in [-0.05, 0) is 37.1 Å². The maximum absolute atomic E-state index is 12.7. The van der Waals surface area contributed by atoms with E-state index in [4.69, 9.17) is 4.74 Å². The Hall–Kier alpha value is -2.82. The number of amides is 3. The number of hydrogen-bond acceptors (Lipinski definition) is 3. The second-order valence-electron chi connectivity index (χ2n) is 6.04. The van der Waals surface area contributed by atoms with Crippen molar-refractivity contribution in [1.29, 1.82) is 0 Å². The fourth-order valence-electron chi connectivity index (χ4n) is 2.83. The summed E-state index contributed by atoms with van der Waals surface area (Å²) < 4.78 is 5.65. The minimum absolute atomic E-state index is 0.209. The van der Waals surface area contributed by atoms with Crippen LogP contribution in [0.15, 0.2) is 54.6 Å². The zero-order valence-corrected chi connectivity index (χ0v) is 13.8. The number of nitrogens with one attached hydrogen (secondary N) is 1. The quantitative estimate of drug-likeness (QED) is 0.861. The molecule has 1 fully saturated rings. The highest BCUT2D eigenvalue weighted by atomic mass is 16.5. The Morgan fingerprint density at radius 2 is 1.83 bits per heavy atom. The molecule has 0 saturated carbocycles. The minimum atomic E-state index is -1.03. The van der Waals surface area contributed by atoms with Gasteiger partial charge in [-0.1, -0.05) is 42.5 Å². The van der Waals surface area contributed by atoms with Crippen LogP contribution in [0, 0.1) is 6.92 Å². The van der Waals surface area contributed by atoms with E-state index >= 15 is 0 Å². The molecule has 3 rings (SSSR count). The number of hydrogen-bond donors (Lipinski definition) is 1. The Bertz CT molecular complexity index is 760. The van der Waals surface area contributed by atoms with Crippen LogP contribution in [0.3, 0.4) is 0 Å². The van der Waals surface area contributed by atoms with Gasteiger partial charge in [-0.3, -0.25) is 9.69 Å². The van der Waals surface area contributed by atoms with Gasteiger partial charge in [-0.2, -0.15) is 0 Å². The summed E-state index contributed by atoms with van der Waals surface area (Å²) in [4.78, 5) is 26.1. The molecule has 0 radical (unpaired) electrons. The molecule has 0 aromatic heterocycles. The van der Waals surface area contributed by atoms with Gasteiger partial charge in [-0.25, -0.2) is 4.79 Å².